The number of halogens is 1. The van der Waals surface area contributed by atoms with Crippen molar-refractivity contribution in [2.24, 2.45) is 17.8 Å². The zero-order valence-corrected chi connectivity index (χ0v) is 19.9. The number of likely N-dealkylation sites (tertiary alicyclic amines) is 1. The normalized spacial score (nSPS) is 29.0. The number of rotatable bonds is 3. The van der Waals surface area contributed by atoms with E-state index in [4.69, 9.17) is 11.6 Å². The summed E-state index contributed by atoms with van der Waals surface area (Å²) in [5, 5.41) is 0.148. The number of carbonyl (C=O) groups is 3. The molecule has 3 aliphatic heterocycles. The lowest BCUT2D eigenvalue weighted by atomic mass is 9.92. The standard InChI is InChI=1S/C23H28ClN3O3S/c1-13-9-14(2)11-25(10-13)19(28)12-26-22-20(15(3)16(4)31-22)21(29)27(23(26)30)18-7-5-17(24)6-8-18/h5-8,13-14,20,22H,9-12H2,1-4H3. The number of hydrogen-bond acceptors (Lipinski definition) is 4. The number of imide groups is 1. The molecule has 4 atom stereocenters. The highest BCUT2D eigenvalue weighted by molar-refractivity contribution is 8.03. The summed E-state index contributed by atoms with van der Waals surface area (Å²) >= 11 is 7.51. The molecular weight excluding hydrogens is 434 g/mol. The summed E-state index contributed by atoms with van der Waals surface area (Å²) < 4.78 is 0. The van der Waals surface area contributed by atoms with Crippen molar-refractivity contribution in [1.29, 1.82) is 0 Å². The molecule has 4 rings (SSSR count). The van der Waals surface area contributed by atoms with Crippen LogP contribution in [0, 0.1) is 17.8 Å². The molecule has 2 fully saturated rings. The van der Waals surface area contributed by atoms with Crippen LogP contribution in [0.3, 0.4) is 0 Å². The molecular formula is C23H28ClN3O3S. The van der Waals surface area contributed by atoms with Gasteiger partial charge >= 0.3 is 6.03 Å². The van der Waals surface area contributed by atoms with Gasteiger partial charge in [0.1, 0.15) is 6.54 Å². The van der Waals surface area contributed by atoms with Crippen LogP contribution in [0.5, 0.6) is 0 Å². The van der Waals surface area contributed by atoms with Crippen molar-refractivity contribution in [1.82, 2.24) is 9.80 Å². The first-order chi connectivity index (χ1) is 14.7. The van der Waals surface area contributed by atoms with E-state index in [1.54, 1.807) is 29.2 Å². The molecule has 0 N–H and O–H groups in total. The van der Waals surface area contributed by atoms with Gasteiger partial charge in [-0.2, -0.15) is 0 Å². The first-order valence-electron chi connectivity index (χ1n) is 10.7. The van der Waals surface area contributed by atoms with E-state index >= 15 is 0 Å². The molecule has 0 saturated carbocycles. The summed E-state index contributed by atoms with van der Waals surface area (Å²) in [5.41, 5.74) is 1.43. The van der Waals surface area contributed by atoms with E-state index in [0.717, 1.165) is 16.9 Å². The van der Waals surface area contributed by atoms with E-state index in [2.05, 4.69) is 13.8 Å². The van der Waals surface area contributed by atoms with Gasteiger partial charge in [0.15, 0.2) is 0 Å². The number of piperidine rings is 1. The summed E-state index contributed by atoms with van der Waals surface area (Å²) in [7, 11) is 0. The largest absolute Gasteiger partial charge is 0.341 e. The Hall–Kier alpha value is -1.99. The highest BCUT2D eigenvalue weighted by Gasteiger charge is 2.52. The summed E-state index contributed by atoms with van der Waals surface area (Å²) in [5.74, 6) is 0.125. The fraction of sp³-hybridized carbons (Fsp3) is 0.522. The zero-order chi connectivity index (χ0) is 22.4. The third kappa shape index (κ3) is 4.10. The maximum Gasteiger partial charge on any atom is 0.332 e. The predicted octanol–water partition coefficient (Wildman–Crippen LogP) is 4.60. The van der Waals surface area contributed by atoms with E-state index < -0.39 is 11.9 Å². The third-order valence-corrected chi connectivity index (χ3v) is 8.14. The molecule has 31 heavy (non-hydrogen) atoms. The van der Waals surface area contributed by atoms with Crippen LogP contribution in [0.4, 0.5) is 10.5 Å². The lowest BCUT2D eigenvalue weighted by Crippen LogP contribution is -2.62. The van der Waals surface area contributed by atoms with Gasteiger partial charge in [0.05, 0.1) is 17.0 Å². The van der Waals surface area contributed by atoms with Crippen molar-refractivity contribution < 1.29 is 14.4 Å². The van der Waals surface area contributed by atoms with Gasteiger partial charge in [0, 0.05) is 18.1 Å². The lowest BCUT2D eigenvalue weighted by Gasteiger charge is -2.43. The number of carbonyl (C=O) groups excluding carboxylic acids is 3. The molecule has 0 aromatic heterocycles. The number of allylic oxidation sites excluding steroid dienone is 1. The number of anilines is 1. The van der Waals surface area contributed by atoms with Gasteiger partial charge in [-0.15, -0.1) is 11.8 Å². The number of urea groups is 1. The summed E-state index contributed by atoms with van der Waals surface area (Å²) in [6, 6.07) is 6.20. The Balaban J connectivity index is 1.64. The van der Waals surface area contributed by atoms with Crippen molar-refractivity contribution in [3.8, 4) is 0 Å². The molecule has 3 heterocycles. The van der Waals surface area contributed by atoms with Gasteiger partial charge in [-0.1, -0.05) is 25.4 Å². The Morgan fingerprint density at radius 1 is 1.10 bits per heavy atom. The molecule has 0 aliphatic carbocycles. The van der Waals surface area contributed by atoms with Crippen LogP contribution >= 0.6 is 23.4 Å². The topological polar surface area (TPSA) is 60.9 Å². The number of fused-ring (bicyclic) bond motifs is 1. The molecule has 2 saturated heterocycles. The summed E-state index contributed by atoms with van der Waals surface area (Å²) in [4.78, 5) is 45.8. The molecule has 0 spiro atoms. The smallest absolute Gasteiger partial charge is 0.332 e. The quantitative estimate of drug-likeness (QED) is 0.660. The van der Waals surface area contributed by atoms with Crippen LogP contribution in [-0.2, 0) is 9.59 Å². The van der Waals surface area contributed by atoms with Crippen LogP contribution in [0.15, 0.2) is 34.7 Å². The SMILES string of the molecule is CC1=C(C)C2C(=O)N(c3ccc(Cl)cc3)C(=O)N(CC(=O)N3CC(C)CC(C)C3)C2S1. The fourth-order valence-electron chi connectivity index (χ4n) is 4.89. The summed E-state index contributed by atoms with van der Waals surface area (Å²) in [6.45, 7) is 9.62. The fourth-order valence-corrected chi connectivity index (χ4v) is 6.44. The maximum atomic E-state index is 13.5. The molecule has 3 aliphatic rings. The second-order valence-corrected chi connectivity index (χ2v) is 10.8. The monoisotopic (exact) mass is 461 g/mol. The Bertz CT molecular complexity index is 938. The zero-order valence-electron chi connectivity index (χ0n) is 18.3. The van der Waals surface area contributed by atoms with Gasteiger partial charge in [-0.3, -0.25) is 9.59 Å². The minimum atomic E-state index is -0.453. The van der Waals surface area contributed by atoms with E-state index in [-0.39, 0.29) is 23.7 Å². The molecule has 0 radical (unpaired) electrons. The van der Waals surface area contributed by atoms with Crippen LogP contribution in [-0.4, -0.2) is 52.7 Å². The number of nitrogens with zero attached hydrogens (tertiary/aromatic N) is 3. The molecule has 8 heteroatoms. The average molecular weight is 462 g/mol. The number of benzene rings is 1. The Morgan fingerprint density at radius 2 is 1.71 bits per heavy atom. The molecule has 1 aromatic rings. The van der Waals surface area contributed by atoms with Crippen molar-refractivity contribution in [3.05, 3.63) is 39.8 Å². The number of thioether (sulfide) groups is 1. The van der Waals surface area contributed by atoms with Crippen LogP contribution in [0.2, 0.25) is 5.02 Å². The highest BCUT2D eigenvalue weighted by atomic mass is 35.5. The van der Waals surface area contributed by atoms with E-state index in [9.17, 15) is 14.4 Å². The summed E-state index contributed by atoms with van der Waals surface area (Å²) in [6.07, 6.45) is 1.11. The van der Waals surface area contributed by atoms with Crippen LogP contribution in [0.25, 0.3) is 0 Å². The van der Waals surface area contributed by atoms with Gasteiger partial charge < -0.3 is 9.80 Å². The van der Waals surface area contributed by atoms with Crippen molar-refractivity contribution in [3.63, 3.8) is 0 Å². The third-order valence-electron chi connectivity index (χ3n) is 6.45. The minimum Gasteiger partial charge on any atom is -0.341 e. The molecule has 4 unspecified atom stereocenters. The van der Waals surface area contributed by atoms with Crippen molar-refractivity contribution in [2.75, 3.05) is 24.5 Å². The number of amides is 4. The Morgan fingerprint density at radius 3 is 2.32 bits per heavy atom. The average Bonchev–Trinajstić information content (AvgIpc) is 3.00. The van der Waals surface area contributed by atoms with Crippen molar-refractivity contribution in [2.45, 2.75) is 39.5 Å². The maximum absolute atomic E-state index is 13.5. The second kappa shape index (κ2) is 8.51. The van der Waals surface area contributed by atoms with Gasteiger partial charge in [-0.25, -0.2) is 9.69 Å². The molecule has 4 amide bonds. The molecule has 1 aromatic carbocycles. The van der Waals surface area contributed by atoms with Gasteiger partial charge in [-0.05, 0) is 66.8 Å². The van der Waals surface area contributed by atoms with Crippen LogP contribution < -0.4 is 4.90 Å². The second-order valence-electron chi connectivity index (χ2n) is 9.03. The Labute approximate surface area is 192 Å². The molecule has 166 valence electrons. The van der Waals surface area contributed by atoms with E-state index in [1.165, 1.54) is 16.7 Å². The first-order valence-corrected chi connectivity index (χ1v) is 11.9. The number of hydrogen-bond donors (Lipinski definition) is 0. The molecule has 0 bridgehead atoms. The van der Waals surface area contributed by atoms with E-state index in [0.29, 0.717) is 35.6 Å². The molecule has 6 nitrogen and oxygen atoms in total. The van der Waals surface area contributed by atoms with Crippen LogP contribution in [0.1, 0.15) is 34.1 Å². The van der Waals surface area contributed by atoms with E-state index in [1.807, 2.05) is 18.7 Å². The predicted molar refractivity (Wildman–Crippen MR) is 124 cm³/mol. The lowest BCUT2D eigenvalue weighted by molar-refractivity contribution is -0.135. The van der Waals surface area contributed by atoms with Gasteiger partial charge in [0.2, 0.25) is 11.8 Å². The highest BCUT2D eigenvalue weighted by Crippen LogP contribution is 2.47. The first kappa shape index (κ1) is 22.2. The van der Waals surface area contributed by atoms with Gasteiger partial charge in [0.25, 0.3) is 0 Å². The minimum absolute atomic E-state index is 0.0234. The van der Waals surface area contributed by atoms with Crippen molar-refractivity contribution >= 4 is 46.9 Å². The Kier molecular flexibility index (Phi) is 6.10.